The van der Waals surface area contributed by atoms with Crippen molar-refractivity contribution in [2.24, 2.45) is 0 Å². The molecule has 14 heavy (non-hydrogen) atoms. The van der Waals surface area contributed by atoms with Crippen molar-refractivity contribution in [2.75, 3.05) is 0 Å². The number of nitriles is 1. The molecule has 0 atom stereocenters. The number of carbonyl (C=O) groups excluding carboxylic acids is 1. The van der Waals surface area contributed by atoms with E-state index in [1.165, 1.54) is 6.07 Å². The molecule has 0 radical (unpaired) electrons. The van der Waals surface area contributed by atoms with Gasteiger partial charge in [0, 0.05) is 5.56 Å². The Bertz CT molecular complexity index is 459. The van der Waals surface area contributed by atoms with Gasteiger partial charge in [0.1, 0.15) is 11.8 Å². The summed E-state index contributed by atoms with van der Waals surface area (Å²) in [5.41, 5.74) is -2.63. The number of halogens is 2. The van der Waals surface area contributed by atoms with Crippen LogP contribution in [-0.4, -0.2) is 11.3 Å². The third-order valence-electron chi connectivity index (χ3n) is 1.58. The smallest absolute Gasteiger partial charge is 0.264 e. The number of aromatic amines is 1. The highest BCUT2D eigenvalue weighted by atomic mass is 19.3. The summed E-state index contributed by atoms with van der Waals surface area (Å²) < 4.78 is 24.6. The highest BCUT2D eigenvalue weighted by Crippen LogP contribution is 2.19. The monoisotopic (exact) mass is 198 g/mol. The molecule has 72 valence electrons. The van der Waals surface area contributed by atoms with Crippen LogP contribution < -0.4 is 5.56 Å². The van der Waals surface area contributed by atoms with Crippen LogP contribution in [-0.2, 0) is 0 Å². The van der Waals surface area contributed by atoms with E-state index in [9.17, 15) is 18.4 Å². The summed E-state index contributed by atoms with van der Waals surface area (Å²) in [4.78, 5) is 23.3. The Balaban J connectivity index is 3.53. The largest absolute Gasteiger partial charge is 0.313 e. The van der Waals surface area contributed by atoms with Crippen molar-refractivity contribution in [3.05, 3.63) is 33.2 Å². The minimum Gasteiger partial charge on any atom is -0.313 e. The van der Waals surface area contributed by atoms with Crippen LogP contribution in [0, 0.1) is 11.3 Å². The lowest BCUT2D eigenvalue weighted by Crippen LogP contribution is -2.16. The standard InChI is InChI=1S/C8H4F2N2O2/c9-7(10)5-1-4(2-11)12-8(14)6(5)3-13/h1,3,7H,(H,12,14). The lowest BCUT2D eigenvalue weighted by Gasteiger charge is -2.02. The summed E-state index contributed by atoms with van der Waals surface area (Å²) in [5.74, 6) is 0. The zero-order chi connectivity index (χ0) is 10.7. The zero-order valence-corrected chi connectivity index (χ0v) is 6.75. The summed E-state index contributed by atoms with van der Waals surface area (Å²) in [6, 6.07) is 2.30. The van der Waals surface area contributed by atoms with Crippen molar-refractivity contribution < 1.29 is 13.6 Å². The predicted octanol–water partition coefficient (Wildman–Crippen LogP) is 0.997. The molecule has 0 bridgehead atoms. The topological polar surface area (TPSA) is 73.7 Å². The van der Waals surface area contributed by atoms with Gasteiger partial charge in [-0.15, -0.1) is 0 Å². The highest BCUT2D eigenvalue weighted by Gasteiger charge is 2.16. The minimum atomic E-state index is -2.95. The molecule has 0 aliphatic rings. The van der Waals surface area contributed by atoms with Gasteiger partial charge in [0.25, 0.3) is 12.0 Å². The maximum absolute atomic E-state index is 12.3. The number of H-pyrrole nitrogens is 1. The van der Waals surface area contributed by atoms with E-state index >= 15 is 0 Å². The normalized spacial score (nSPS) is 9.86. The average molecular weight is 198 g/mol. The Morgan fingerprint density at radius 3 is 2.64 bits per heavy atom. The first-order chi connectivity index (χ1) is 6.60. The molecule has 0 fully saturated rings. The number of hydrogen-bond acceptors (Lipinski definition) is 3. The number of aromatic nitrogens is 1. The fraction of sp³-hybridized carbons (Fsp3) is 0.125. The molecule has 0 aliphatic carbocycles. The molecular formula is C8H4F2N2O2. The van der Waals surface area contributed by atoms with E-state index in [0.717, 1.165) is 6.07 Å². The first-order valence-corrected chi connectivity index (χ1v) is 3.50. The molecule has 6 heteroatoms. The Morgan fingerprint density at radius 2 is 2.21 bits per heavy atom. The van der Waals surface area contributed by atoms with Crippen molar-refractivity contribution in [1.82, 2.24) is 4.98 Å². The van der Waals surface area contributed by atoms with Crippen molar-refractivity contribution in [3.8, 4) is 6.07 Å². The van der Waals surface area contributed by atoms with Crippen molar-refractivity contribution >= 4 is 6.29 Å². The molecule has 0 aliphatic heterocycles. The van der Waals surface area contributed by atoms with Crippen LogP contribution in [0.3, 0.4) is 0 Å². The molecular weight excluding hydrogens is 194 g/mol. The zero-order valence-electron chi connectivity index (χ0n) is 6.75. The van der Waals surface area contributed by atoms with Crippen LogP contribution in [0.25, 0.3) is 0 Å². The van der Waals surface area contributed by atoms with Crippen molar-refractivity contribution in [2.45, 2.75) is 6.43 Å². The van der Waals surface area contributed by atoms with Gasteiger partial charge < -0.3 is 4.98 Å². The molecule has 0 saturated carbocycles. The third kappa shape index (κ3) is 1.66. The van der Waals surface area contributed by atoms with E-state index in [2.05, 4.69) is 0 Å². The van der Waals surface area contributed by atoms with Crippen molar-refractivity contribution in [3.63, 3.8) is 0 Å². The number of hydrogen-bond donors (Lipinski definition) is 1. The molecule has 1 N–H and O–H groups in total. The Morgan fingerprint density at radius 1 is 1.57 bits per heavy atom. The third-order valence-corrected chi connectivity index (χ3v) is 1.58. The van der Waals surface area contributed by atoms with Gasteiger partial charge in [-0.05, 0) is 6.07 Å². The van der Waals surface area contributed by atoms with Crippen LogP contribution >= 0.6 is 0 Å². The maximum Gasteiger partial charge on any atom is 0.264 e. The number of nitrogens with one attached hydrogen (secondary N) is 1. The Hall–Kier alpha value is -2.03. The van der Waals surface area contributed by atoms with Crippen LogP contribution in [0.4, 0.5) is 8.78 Å². The number of rotatable bonds is 2. The van der Waals surface area contributed by atoms with Gasteiger partial charge in [0.05, 0.1) is 5.56 Å². The first kappa shape index (κ1) is 10.1. The lowest BCUT2D eigenvalue weighted by molar-refractivity contribution is 0.110. The number of alkyl halides is 2. The van der Waals surface area contributed by atoms with Gasteiger partial charge in [-0.1, -0.05) is 0 Å². The molecule has 4 nitrogen and oxygen atoms in total. The van der Waals surface area contributed by atoms with E-state index in [0.29, 0.717) is 0 Å². The average Bonchev–Trinajstić information content (AvgIpc) is 2.16. The summed E-state index contributed by atoms with van der Waals surface area (Å²) in [5, 5.41) is 8.38. The molecule has 1 rings (SSSR count). The Kier molecular flexibility index (Phi) is 2.72. The molecule has 1 heterocycles. The van der Waals surface area contributed by atoms with Crippen LogP contribution in [0.1, 0.15) is 28.0 Å². The van der Waals surface area contributed by atoms with E-state index in [1.54, 1.807) is 0 Å². The molecule has 0 spiro atoms. The fourth-order valence-corrected chi connectivity index (χ4v) is 0.952. The van der Waals surface area contributed by atoms with E-state index in [1.807, 2.05) is 4.98 Å². The van der Waals surface area contributed by atoms with Gasteiger partial charge in [0.15, 0.2) is 6.29 Å². The second kappa shape index (κ2) is 3.79. The van der Waals surface area contributed by atoms with Crippen LogP contribution in [0.5, 0.6) is 0 Å². The number of nitrogens with zero attached hydrogens (tertiary/aromatic N) is 1. The van der Waals surface area contributed by atoms with E-state index < -0.39 is 23.1 Å². The van der Waals surface area contributed by atoms with Gasteiger partial charge in [-0.3, -0.25) is 9.59 Å². The number of pyridine rings is 1. The summed E-state index contributed by atoms with van der Waals surface area (Å²) in [7, 11) is 0. The molecule has 0 amide bonds. The Labute approximate surface area is 76.8 Å². The van der Waals surface area contributed by atoms with Crippen LogP contribution in [0.15, 0.2) is 10.9 Å². The van der Waals surface area contributed by atoms with Gasteiger partial charge in [0.2, 0.25) is 0 Å². The maximum atomic E-state index is 12.3. The second-order valence-electron chi connectivity index (χ2n) is 2.41. The molecule has 1 aromatic heterocycles. The van der Waals surface area contributed by atoms with Gasteiger partial charge in [-0.2, -0.15) is 5.26 Å². The summed E-state index contributed by atoms with van der Waals surface area (Å²) in [6.45, 7) is 0. The molecule has 0 aromatic carbocycles. The second-order valence-corrected chi connectivity index (χ2v) is 2.41. The van der Waals surface area contributed by atoms with E-state index in [-0.39, 0.29) is 12.0 Å². The van der Waals surface area contributed by atoms with Crippen molar-refractivity contribution in [1.29, 1.82) is 5.26 Å². The predicted molar refractivity (Wildman–Crippen MR) is 42.1 cm³/mol. The summed E-state index contributed by atoms with van der Waals surface area (Å²) >= 11 is 0. The highest BCUT2D eigenvalue weighted by molar-refractivity contribution is 5.76. The SMILES string of the molecule is N#Cc1cc(C(F)F)c(C=O)c(=O)[nH]1. The fourth-order valence-electron chi connectivity index (χ4n) is 0.952. The lowest BCUT2D eigenvalue weighted by atomic mass is 10.1. The van der Waals surface area contributed by atoms with Crippen LogP contribution in [0.2, 0.25) is 0 Å². The molecule has 1 aromatic rings. The van der Waals surface area contributed by atoms with Gasteiger partial charge in [-0.25, -0.2) is 8.78 Å². The van der Waals surface area contributed by atoms with E-state index in [4.69, 9.17) is 5.26 Å². The van der Waals surface area contributed by atoms with Gasteiger partial charge >= 0.3 is 0 Å². The number of carbonyl (C=O) groups is 1. The minimum absolute atomic E-state index is 0.0431. The molecule has 0 unspecified atom stereocenters. The quantitative estimate of drug-likeness (QED) is 0.720. The number of aldehydes is 1. The summed E-state index contributed by atoms with van der Waals surface area (Å²) in [6.07, 6.45) is -2.91. The molecule has 0 saturated heterocycles. The first-order valence-electron chi connectivity index (χ1n) is 3.50.